The summed E-state index contributed by atoms with van der Waals surface area (Å²) < 4.78 is 0. The van der Waals surface area contributed by atoms with E-state index in [1.165, 1.54) is 83.5 Å². The zero-order chi connectivity index (χ0) is 19.5. The summed E-state index contributed by atoms with van der Waals surface area (Å²) in [7, 11) is 0. The molecular formula is C22H41NO3. The van der Waals surface area contributed by atoms with E-state index in [1.54, 1.807) is 0 Å². The molecule has 0 unspecified atom stereocenters. The van der Waals surface area contributed by atoms with Gasteiger partial charge in [0.15, 0.2) is 0 Å². The second-order valence-electron chi connectivity index (χ2n) is 7.43. The van der Waals surface area contributed by atoms with Gasteiger partial charge in [-0.05, 0) is 12.8 Å². The fourth-order valence-corrected chi connectivity index (χ4v) is 3.28. The molecule has 0 aromatic rings. The molecule has 0 heterocycles. The summed E-state index contributed by atoms with van der Waals surface area (Å²) in [4.78, 5) is 21.7. The number of rotatable bonds is 19. The Hall–Kier alpha value is -1.32. The van der Waals surface area contributed by atoms with E-state index in [-0.39, 0.29) is 5.57 Å². The molecule has 0 fully saturated rings. The number of unbranched alkanes of at least 4 members (excludes halogenated alkanes) is 15. The minimum absolute atomic E-state index is 0.128. The van der Waals surface area contributed by atoms with Crippen LogP contribution in [0, 0.1) is 0 Å². The zero-order valence-electron chi connectivity index (χ0n) is 16.9. The minimum Gasteiger partial charge on any atom is -0.478 e. The first-order chi connectivity index (χ1) is 12.6. The fourth-order valence-electron chi connectivity index (χ4n) is 3.28. The van der Waals surface area contributed by atoms with E-state index >= 15 is 0 Å². The number of hydrogen-bond donors (Lipinski definition) is 2. The van der Waals surface area contributed by atoms with Gasteiger partial charge in [0.25, 0.3) is 0 Å². The lowest BCUT2D eigenvalue weighted by Gasteiger charge is -2.04. The largest absolute Gasteiger partial charge is 0.478 e. The van der Waals surface area contributed by atoms with Crippen LogP contribution in [0.3, 0.4) is 0 Å². The second kappa shape index (κ2) is 18.5. The second-order valence-corrected chi connectivity index (χ2v) is 7.43. The lowest BCUT2D eigenvalue weighted by Crippen LogP contribution is -2.11. The number of hydrogen-bond acceptors (Lipinski definition) is 2. The quantitative estimate of drug-likeness (QED) is 0.213. The molecule has 0 aromatic heterocycles. The van der Waals surface area contributed by atoms with Crippen molar-refractivity contribution < 1.29 is 14.7 Å². The smallest absolute Gasteiger partial charge is 0.331 e. The topological polar surface area (TPSA) is 80.4 Å². The van der Waals surface area contributed by atoms with Crippen molar-refractivity contribution in [2.24, 2.45) is 5.73 Å². The average molecular weight is 368 g/mol. The maximum atomic E-state index is 11.0. The Kier molecular flexibility index (Phi) is 17.5. The van der Waals surface area contributed by atoms with Gasteiger partial charge in [-0.25, -0.2) is 4.79 Å². The van der Waals surface area contributed by atoms with Crippen molar-refractivity contribution in [2.75, 3.05) is 0 Å². The highest BCUT2D eigenvalue weighted by molar-refractivity contribution is 5.96. The number of carbonyl (C=O) groups excluding carboxylic acids is 1. The van der Waals surface area contributed by atoms with E-state index in [0.29, 0.717) is 6.42 Å². The van der Waals surface area contributed by atoms with Gasteiger partial charge in [0.1, 0.15) is 0 Å². The van der Waals surface area contributed by atoms with Gasteiger partial charge in [0.2, 0.25) is 5.91 Å². The molecule has 1 amide bonds. The molecule has 0 radical (unpaired) electrons. The monoisotopic (exact) mass is 367 g/mol. The average Bonchev–Trinajstić information content (AvgIpc) is 2.59. The van der Waals surface area contributed by atoms with Gasteiger partial charge in [-0.3, -0.25) is 4.79 Å². The third-order valence-corrected chi connectivity index (χ3v) is 4.89. The van der Waals surface area contributed by atoms with Crippen molar-refractivity contribution in [1.82, 2.24) is 0 Å². The Morgan fingerprint density at radius 2 is 1.04 bits per heavy atom. The first-order valence-electron chi connectivity index (χ1n) is 10.8. The summed E-state index contributed by atoms with van der Waals surface area (Å²) in [5.41, 5.74) is 5.14. The zero-order valence-corrected chi connectivity index (χ0v) is 16.9. The molecule has 0 aliphatic carbocycles. The van der Waals surface area contributed by atoms with Crippen molar-refractivity contribution in [1.29, 1.82) is 0 Å². The van der Waals surface area contributed by atoms with E-state index < -0.39 is 11.9 Å². The van der Waals surface area contributed by atoms with Crippen LogP contribution in [0.2, 0.25) is 0 Å². The highest BCUT2D eigenvalue weighted by Crippen LogP contribution is 2.15. The van der Waals surface area contributed by atoms with E-state index in [0.717, 1.165) is 25.3 Å². The van der Waals surface area contributed by atoms with Gasteiger partial charge < -0.3 is 10.8 Å². The normalized spacial score (nSPS) is 11.7. The highest BCUT2D eigenvalue weighted by atomic mass is 16.4. The molecule has 26 heavy (non-hydrogen) atoms. The van der Waals surface area contributed by atoms with Gasteiger partial charge >= 0.3 is 5.97 Å². The van der Waals surface area contributed by atoms with Crippen LogP contribution in [0.5, 0.6) is 0 Å². The van der Waals surface area contributed by atoms with E-state index in [9.17, 15) is 9.59 Å². The number of carboxylic acids is 1. The molecule has 0 saturated heterocycles. The molecule has 4 heteroatoms. The van der Waals surface area contributed by atoms with Crippen molar-refractivity contribution in [2.45, 2.75) is 116 Å². The third-order valence-electron chi connectivity index (χ3n) is 4.89. The lowest BCUT2D eigenvalue weighted by molar-refractivity contribution is -0.133. The van der Waals surface area contributed by atoms with Crippen LogP contribution in [0.15, 0.2) is 11.6 Å². The van der Waals surface area contributed by atoms with Crippen LogP contribution in [-0.4, -0.2) is 17.0 Å². The molecule has 0 aromatic carbocycles. The molecular weight excluding hydrogens is 326 g/mol. The Bertz CT molecular complexity index is 391. The number of carbonyl (C=O) groups is 2. The van der Waals surface area contributed by atoms with Crippen LogP contribution in [-0.2, 0) is 9.59 Å². The van der Waals surface area contributed by atoms with Crippen LogP contribution in [0.25, 0.3) is 0 Å². The maximum Gasteiger partial charge on any atom is 0.331 e. The Balaban J connectivity index is 3.31. The van der Waals surface area contributed by atoms with Crippen molar-refractivity contribution >= 4 is 11.9 Å². The Morgan fingerprint density at radius 3 is 1.35 bits per heavy atom. The number of aliphatic carboxylic acids is 1. The van der Waals surface area contributed by atoms with Gasteiger partial charge in [0.05, 0.1) is 0 Å². The number of amides is 1. The van der Waals surface area contributed by atoms with E-state index in [2.05, 4.69) is 6.92 Å². The lowest BCUT2D eigenvalue weighted by atomic mass is 10.0. The summed E-state index contributed by atoms with van der Waals surface area (Å²) >= 11 is 0. The SMILES string of the molecule is CCCCCCCCCCCCCCCCCC/C(=C/C(N)=O)C(=O)O. The molecule has 3 N–H and O–H groups in total. The van der Waals surface area contributed by atoms with Gasteiger partial charge in [0, 0.05) is 11.6 Å². The third kappa shape index (κ3) is 17.5. The molecule has 0 aliphatic heterocycles. The number of primary amides is 1. The summed E-state index contributed by atoms with van der Waals surface area (Å²) in [6.45, 7) is 2.26. The molecule has 0 saturated carbocycles. The summed E-state index contributed by atoms with van der Waals surface area (Å²) in [6.07, 6.45) is 22.1. The van der Waals surface area contributed by atoms with Crippen molar-refractivity contribution in [3.05, 3.63) is 11.6 Å². The standard InChI is InChI=1S/C22H41NO3/c1-2-3-4-5-6-7-8-9-10-11-12-13-14-15-16-17-18-20(22(25)26)19-21(23)24/h19H,2-18H2,1H3,(H2,23,24)(H,25,26)/b20-19-. The van der Waals surface area contributed by atoms with Gasteiger partial charge in [-0.15, -0.1) is 0 Å². The first kappa shape index (κ1) is 24.7. The van der Waals surface area contributed by atoms with Crippen LogP contribution in [0.1, 0.15) is 116 Å². The molecule has 4 nitrogen and oxygen atoms in total. The van der Waals surface area contributed by atoms with Crippen molar-refractivity contribution in [3.63, 3.8) is 0 Å². The summed E-state index contributed by atoms with van der Waals surface area (Å²) in [5.74, 6) is -1.72. The van der Waals surface area contributed by atoms with E-state index in [4.69, 9.17) is 10.8 Å². The number of carboxylic acid groups (broad SMARTS) is 1. The fraction of sp³-hybridized carbons (Fsp3) is 0.818. The molecule has 0 aliphatic rings. The molecule has 0 spiro atoms. The van der Waals surface area contributed by atoms with E-state index in [1.807, 2.05) is 0 Å². The Morgan fingerprint density at radius 1 is 0.692 bits per heavy atom. The highest BCUT2D eigenvalue weighted by Gasteiger charge is 2.08. The van der Waals surface area contributed by atoms with Crippen LogP contribution >= 0.6 is 0 Å². The minimum atomic E-state index is -1.04. The predicted octanol–water partition coefficient (Wildman–Crippen LogP) is 6.13. The maximum absolute atomic E-state index is 11.0. The van der Waals surface area contributed by atoms with Gasteiger partial charge in [-0.1, -0.05) is 103 Å². The number of nitrogens with two attached hydrogens (primary N) is 1. The molecule has 152 valence electrons. The Labute approximate surface area is 160 Å². The van der Waals surface area contributed by atoms with Gasteiger partial charge in [-0.2, -0.15) is 0 Å². The molecule has 0 bridgehead atoms. The van der Waals surface area contributed by atoms with Crippen molar-refractivity contribution in [3.8, 4) is 0 Å². The molecule has 0 atom stereocenters. The molecule has 0 rings (SSSR count). The van der Waals surface area contributed by atoms with Crippen LogP contribution < -0.4 is 5.73 Å². The summed E-state index contributed by atoms with van der Waals surface area (Å²) in [5, 5.41) is 8.97. The summed E-state index contributed by atoms with van der Waals surface area (Å²) in [6, 6.07) is 0. The predicted molar refractivity (Wildman–Crippen MR) is 109 cm³/mol. The first-order valence-corrected chi connectivity index (χ1v) is 10.8. The van der Waals surface area contributed by atoms with Crippen LogP contribution in [0.4, 0.5) is 0 Å².